The first-order chi connectivity index (χ1) is 4.14. The second-order valence-corrected chi connectivity index (χ2v) is 3.09. The molecule has 0 spiro atoms. The fourth-order valence-electron chi connectivity index (χ4n) is 1.18. The number of hydrogen-bond donors (Lipinski definition) is 0. The Labute approximate surface area is 54.5 Å². The third-order valence-electron chi connectivity index (χ3n) is 2.20. The van der Waals surface area contributed by atoms with Gasteiger partial charge in [0, 0.05) is 5.92 Å². The number of nitriles is 1. The third-order valence-corrected chi connectivity index (χ3v) is 2.20. The average Bonchev–Trinajstić information content (AvgIpc) is 2.32. The summed E-state index contributed by atoms with van der Waals surface area (Å²) in [6.07, 6.45) is 0.883. The third kappa shape index (κ3) is 0.647. The fraction of sp³-hybridized carbons (Fsp3) is 0.714. The van der Waals surface area contributed by atoms with Gasteiger partial charge in [-0.15, -0.1) is 0 Å². The highest BCUT2D eigenvalue weighted by Crippen LogP contribution is 2.56. The van der Waals surface area contributed by atoms with E-state index in [-0.39, 0.29) is 17.3 Å². The van der Waals surface area contributed by atoms with Gasteiger partial charge in [-0.05, 0) is 5.41 Å². The normalized spacial score (nSPS) is 37.0. The molecule has 0 amide bonds. The number of carbonyl (C=O) groups is 1. The van der Waals surface area contributed by atoms with Gasteiger partial charge in [0.1, 0.15) is 6.29 Å². The van der Waals surface area contributed by atoms with E-state index in [1.807, 2.05) is 13.8 Å². The zero-order valence-corrected chi connectivity index (χ0v) is 5.59. The summed E-state index contributed by atoms with van der Waals surface area (Å²) in [4.78, 5) is 10.2. The van der Waals surface area contributed by atoms with Gasteiger partial charge >= 0.3 is 0 Å². The van der Waals surface area contributed by atoms with Crippen molar-refractivity contribution in [3.63, 3.8) is 0 Å². The van der Waals surface area contributed by atoms with Crippen LogP contribution in [-0.4, -0.2) is 6.29 Å². The monoisotopic (exact) mass is 123 g/mol. The van der Waals surface area contributed by atoms with Crippen molar-refractivity contribution in [2.24, 2.45) is 17.3 Å². The molecule has 0 aromatic rings. The van der Waals surface area contributed by atoms with Crippen molar-refractivity contribution in [3.05, 3.63) is 0 Å². The highest BCUT2D eigenvalue weighted by atomic mass is 16.1. The van der Waals surface area contributed by atoms with Crippen LogP contribution in [-0.2, 0) is 4.79 Å². The average molecular weight is 123 g/mol. The van der Waals surface area contributed by atoms with Gasteiger partial charge in [0.25, 0.3) is 0 Å². The maximum absolute atomic E-state index is 10.2. The summed E-state index contributed by atoms with van der Waals surface area (Å²) in [5, 5.41) is 8.43. The molecular formula is C7H9NO. The Hall–Kier alpha value is -0.840. The lowest BCUT2D eigenvalue weighted by atomic mass is 10.1. The second kappa shape index (κ2) is 1.57. The van der Waals surface area contributed by atoms with E-state index in [1.165, 1.54) is 0 Å². The van der Waals surface area contributed by atoms with Crippen LogP contribution in [0.2, 0.25) is 0 Å². The Balaban J connectivity index is 2.68. The molecule has 0 saturated heterocycles. The SMILES string of the molecule is CC1(C)C(C#N)C1C=O. The van der Waals surface area contributed by atoms with Crippen LogP contribution in [0.15, 0.2) is 0 Å². The van der Waals surface area contributed by atoms with E-state index in [1.54, 1.807) is 0 Å². The van der Waals surface area contributed by atoms with E-state index in [0.29, 0.717) is 0 Å². The molecule has 1 rings (SSSR count). The molecule has 0 aromatic heterocycles. The number of hydrogen-bond acceptors (Lipinski definition) is 2. The first-order valence-electron chi connectivity index (χ1n) is 2.99. The number of nitrogens with zero attached hydrogens (tertiary/aromatic N) is 1. The maximum atomic E-state index is 10.2. The molecule has 1 aliphatic carbocycles. The molecular weight excluding hydrogens is 114 g/mol. The molecule has 48 valence electrons. The number of aldehydes is 1. The van der Waals surface area contributed by atoms with Gasteiger partial charge in [0.2, 0.25) is 0 Å². The summed E-state index contributed by atoms with van der Waals surface area (Å²) in [7, 11) is 0. The van der Waals surface area contributed by atoms with Gasteiger partial charge in [-0.2, -0.15) is 5.26 Å². The standard InChI is InChI=1S/C7H9NO/c1-7(2)5(3-8)6(7)4-9/h4-6H,1-2H3. The highest BCUT2D eigenvalue weighted by Gasteiger charge is 2.58. The molecule has 2 unspecified atom stereocenters. The van der Waals surface area contributed by atoms with Crippen LogP contribution in [0.5, 0.6) is 0 Å². The first kappa shape index (κ1) is 6.28. The van der Waals surface area contributed by atoms with E-state index in [2.05, 4.69) is 6.07 Å². The van der Waals surface area contributed by atoms with Crippen LogP contribution in [0, 0.1) is 28.6 Å². The molecule has 0 aliphatic heterocycles. The molecule has 1 fully saturated rings. The van der Waals surface area contributed by atoms with Crippen molar-refractivity contribution in [1.82, 2.24) is 0 Å². The van der Waals surface area contributed by atoms with Crippen LogP contribution in [0.25, 0.3) is 0 Å². The van der Waals surface area contributed by atoms with Crippen molar-refractivity contribution >= 4 is 6.29 Å². The van der Waals surface area contributed by atoms with Crippen molar-refractivity contribution in [1.29, 1.82) is 5.26 Å². The molecule has 2 heteroatoms. The molecule has 2 atom stereocenters. The largest absolute Gasteiger partial charge is 0.303 e. The summed E-state index contributed by atoms with van der Waals surface area (Å²) in [6, 6.07) is 2.10. The van der Waals surface area contributed by atoms with E-state index in [0.717, 1.165) is 6.29 Å². The molecule has 1 saturated carbocycles. The molecule has 2 nitrogen and oxygen atoms in total. The molecule has 0 N–H and O–H groups in total. The minimum absolute atomic E-state index is 0.0116. The molecule has 0 aromatic carbocycles. The van der Waals surface area contributed by atoms with Crippen molar-refractivity contribution in [2.45, 2.75) is 13.8 Å². The second-order valence-electron chi connectivity index (χ2n) is 3.09. The Morgan fingerprint density at radius 3 is 2.33 bits per heavy atom. The quantitative estimate of drug-likeness (QED) is 0.488. The summed E-state index contributed by atoms with van der Waals surface area (Å²) < 4.78 is 0. The van der Waals surface area contributed by atoms with Gasteiger partial charge in [0.05, 0.1) is 12.0 Å². The summed E-state index contributed by atoms with van der Waals surface area (Å²) in [5.74, 6) is -0.0440. The number of rotatable bonds is 1. The molecule has 0 bridgehead atoms. The lowest BCUT2D eigenvalue weighted by molar-refractivity contribution is -0.109. The van der Waals surface area contributed by atoms with Gasteiger partial charge in [-0.1, -0.05) is 13.8 Å². The summed E-state index contributed by atoms with van der Waals surface area (Å²) in [5.41, 5.74) is -0.0451. The molecule has 0 radical (unpaired) electrons. The van der Waals surface area contributed by atoms with Crippen LogP contribution in [0.1, 0.15) is 13.8 Å². The Morgan fingerprint density at radius 1 is 1.67 bits per heavy atom. The summed E-state index contributed by atoms with van der Waals surface area (Å²) in [6.45, 7) is 3.89. The lowest BCUT2D eigenvalue weighted by Crippen LogP contribution is -1.89. The first-order valence-corrected chi connectivity index (χ1v) is 2.99. The van der Waals surface area contributed by atoms with E-state index >= 15 is 0 Å². The van der Waals surface area contributed by atoms with Crippen LogP contribution in [0.3, 0.4) is 0 Å². The minimum Gasteiger partial charge on any atom is -0.303 e. The highest BCUT2D eigenvalue weighted by molar-refractivity contribution is 5.62. The predicted octanol–water partition coefficient (Wildman–Crippen LogP) is 0.981. The summed E-state index contributed by atoms with van der Waals surface area (Å²) >= 11 is 0. The Bertz CT molecular complexity index is 178. The van der Waals surface area contributed by atoms with Gasteiger partial charge in [0.15, 0.2) is 0 Å². The van der Waals surface area contributed by atoms with E-state index in [4.69, 9.17) is 5.26 Å². The van der Waals surface area contributed by atoms with E-state index in [9.17, 15) is 4.79 Å². The van der Waals surface area contributed by atoms with Crippen molar-refractivity contribution in [2.75, 3.05) is 0 Å². The van der Waals surface area contributed by atoms with Crippen molar-refractivity contribution in [3.8, 4) is 6.07 Å². The molecule has 9 heavy (non-hydrogen) atoms. The molecule has 0 heterocycles. The van der Waals surface area contributed by atoms with Crippen LogP contribution in [0.4, 0.5) is 0 Å². The minimum atomic E-state index is -0.0451. The maximum Gasteiger partial charge on any atom is 0.124 e. The zero-order valence-electron chi connectivity index (χ0n) is 5.59. The van der Waals surface area contributed by atoms with E-state index < -0.39 is 0 Å². The Morgan fingerprint density at radius 2 is 2.22 bits per heavy atom. The number of carbonyl (C=O) groups excluding carboxylic acids is 1. The predicted molar refractivity (Wildman–Crippen MR) is 32.4 cm³/mol. The zero-order chi connectivity index (χ0) is 7.07. The fourth-order valence-corrected chi connectivity index (χ4v) is 1.18. The van der Waals surface area contributed by atoms with Crippen LogP contribution >= 0.6 is 0 Å². The van der Waals surface area contributed by atoms with Crippen molar-refractivity contribution < 1.29 is 4.79 Å². The van der Waals surface area contributed by atoms with Gasteiger partial charge in [-0.3, -0.25) is 0 Å². The molecule has 1 aliphatic rings. The topological polar surface area (TPSA) is 40.9 Å². The van der Waals surface area contributed by atoms with Gasteiger partial charge < -0.3 is 4.79 Å². The smallest absolute Gasteiger partial charge is 0.124 e. The lowest BCUT2D eigenvalue weighted by Gasteiger charge is -1.92. The van der Waals surface area contributed by atoms with Crippen LogP contribution < -0.4 is 0 Å². The van der Waals surface area contributed by atoms with Gasteiger partial charge in [-0.25, -0.2) is 0 Å². The Kier molecular flexibility index (Phi) is 1.10.